The SMILES string of the molecule is O=C(Nc1ccc(F)c(NC(=O)C(F)(F)C(F)(F)F)c1F)c1cc(NC(=O)[C@H]2[C@H](c3ccc(Cl)c(Cl)c3)C2(Cl)Cl)ccc1Cl. The third-order valence-corrected chi connectivity index (χ3v) is 8.35. The smallest absolute Gasteiger partial charge is 0.326 e. The van der Waals surface area contributed by atoms with Gasteiger partial charge in [-0.05, 0) is 48.0 Å². The van der Waals surface area contributed by atoms with Crippen LogP contribution in [0.4, 0.5) is 47.8 Å². The molecular weight excluding hydrogens is 713 g/mol. The molecule has 1 aliphatic carbocycles. The summed E-state index contributed by atoms with van der Waals surface area (Å²) in [6.07, 6.45) is -6.36. The Labute approximate surface area is 267 Å². The van der Waals surface area contributed by atoms with Crippen LogP contribution in [0.25, 0.3) is 0 Å². The maximum Gasteiger partial charge on any atom is 0.463 e. The first-order valence-corrected chi connectivity index (χ1v) is 13.6. The molecule has 0 radical (unpaired) electrons. The zero-order chi connectivity index (χ0) is 32.9. The molecule has 0 unspecified atom stereocenters. The molecule has 18 heteroatoms. The lowest BCUT2D eigenvalue weighted by atomic mass is 10.1. The Morgan fingerprint density at radius 3 is 2.02 bits per heavy atom. The number of carbonyl (C=O) groups is 3. The summed E-state index contributed by atoms with van der Waals surface area (Å²) >= 11 is 30.7. The number of alkyl halides is 7. The van der Waals surface area contributed by atoms with Crippen LogP contribution >= 0.6 is 58.0 Å². The molecule has 1 aliphatic rings. The van der Waals surface area contributed by atoms with Gasteiger partial charge in [-0.25, -0.2) is 8.78 Å². The van der Waals surface area contributed by atoms with Crippen molar-refractivity contribution in [3.8, 4) is 0 Å². The summed E-state index contributed by atoms with van der Waals surface area (Å²) in [7, 11) is 0. The minimum Gasteiger partial charge on any atom is -0.326 e. The lowest BCUT2D eigenvalue weighted by Crippen LogP contribution is -2.47. The Bertz CT molecular complexity index is 1690. The van der Waals surface area contributed by atoms with Gasteiger partial charge in [-0.1, -0.05) is 40.9 Å². The van der Waals surface area contributed by atoms with Crippen LogP contribution in [-0.4, -0.2) is 34.2 Å². The third-order valence-electron chi connectivity index (χ3n) is 6.34. The highest BCUT2D eigenvalue weighted by Crippen LogP contribution is 2.65. The van der Waals surface area contributed by atoms with Crippen molar-refractivity contribution in [2.24, 2.45) is 5.92 Å². The molecule has 0 spiro atoms. The number of halogens is 12. The summed E-state index contributed by atoms with van der Waals surface area (Å²) in [6, 6.07) is 9.12. The minimum absolute atomic E-state index is 0.00427. The first-order valence-electron chi connectivity index (χ1n) is 11.8. The van der Waals surface area contributed by atoms with Crippen LogP contribution in [0.2, 0.25) is 15.1 Å². The van der Waals surface area contributed by atoms with Gasteiger partial charge in [-0.15, -0.1) is 23.2 Å². The van der Waals surface area contributed by atoms with E-state index in [1.165, 1.54) is 24.3 Å². The van der Waals surface area contributed by atoms with Gasteiger partial charge in [0.25, 0.3) is 5.91 Å². The zero-order valence-electron chi connectivity index (χ0n) is 21.0. The van der Waals surface area contributed by atoms with Crippen molar-refractivity contribution >= 4 is 92.8 Å². The third kappa shape index (κ3) is 6.52. The number of carbonyl (C=O) groups excluding carboxylic acids is 3. The second-order valence-electron chi connectivity index (χ2n) is 9.25. The lowest BCUT2D eigenvalue weighted by molar-refractivity contribution is -0.267. The van der Waals surface area contributed by atoms with E-state index in [1.807, 2.05) is 5.32 Å². The van der Waals surface area contributed by atoms with Crippen LogP contribution in [0.1, 0.15) is 21.8 Å². The molecule has 0 aliphatic heterocycles. The average Bonchev–Trinajstić information content (AvgIpc) is 3.51. The molecule has 234 valence electrons. The molecule has 1 fully saturated rings. The Hall–Kier alpha value is -2.97. The zero-order valence-corrected chi connectivity index (χ0v) is 24.8. The summed E-state index contributed by atoms with van der Waals surface area (Å²) < 4.78 is 91.4. The van der Waals surface area contributed by atoms with Crippen molar-refractivity contribution in [3.05, 3.63) is 86.4 Å². The number of hydrogen-bond donors (Lipinski definition) is 3. The first kappa shape index (κ1) is 33.9. The Kier molecular flexibility index (Phi) is 9.32. The van der Waals surface area contributed by atoms with Crippen molar-refractivity contribution in [1.82, 2.24) is 0 Å². The average molecular weight is 726 g/mol. The molecule has 0 aromatic heterocycles. The number of hydrogen-bond acceptors (Lipinski definition) is 3. The van der Waals surface area contributed by atoms with Crippen molar-refractivity contribution < 1.29 is 45.1 Å². The topological polar surface area (TPSA) is 87.3 Å². The highest BCUT2D eigenvalue weighted by atomic mass is 35.5. The van der Waals surface area contributed by atoms with Gasteiger partial charge in [0.05, 0.1) is 32.2 Å². The van der Waals surface area contributed by atoms with Crippen LogP contribution in [-0.2, 0) is 9.59 Å². The van der Waals surface area contributed by atoms with Gasteiger partial charge >= 0.3 is 18.0 Å². The summed E-state index contributed by atoms with van der Waals surface area (Å²) in [5.74, 6) is -16.1. The highest BCUT2D eigenvalue weighted by Gasteiger charge is 2.67. The van der Waals surface area contributed by atoms with Gasteiger partial charge in [0.15, 0.2) is 5.82 Å². The summed E-state index contributed by atoms with van der Waals surface area (Å²) in [4.78, 5) is 37.3. The molecular formula is C26H13Cl5F7N3O3. The normalized spacial score (nSPS) is 17.5. The van der Waals surface area contributed by atoms with Gasteiger partial charge in [-0.3, -0.25) is 14.4 Å². The van der Waals surface area contributed by atoms with Gasteiger partial charge < -0.3 is 16.0 Å². The number of benzene rings is 3. The summed E-state index contributed by atoms with van der Waals surface area (Å²) in [5, 5.41) is 5.54. The highest BCUT2D eigenvalue weighted by molar-refractivity contribution is 6.53. The standard InChI is InChI=1S/C26H13Cl5F7N3O3/c27-12-4-2-10(39-22(43)18-17(24(18,30)31)9-1-3-13(28)14(29)7-9)8-11(12)21(42)40-16-6-5-15(32)20(19(16)33)41-23(44)25(34,35)26(36,37)38/h1-8,17-18H,(H,39,43)(H,40,42)(H,41,44)/t17-,18+/m0/s1. The van der Waals surface area contributed by atoms with E-state index in [4.69, 9.17) is 58.0 Å². The molecule has 4 rings (SSSR count). The van der Waals surface area contributed by atoms with Gasteiger partial charge in [-0.2, -0.15) is 22.0 Å². The molecule has 3 aromatic rings. The molecule has 44 heavy (non-hydrogen) atoms. The first-order chi connectivity index (χ1) is 20.3. The Balaban J connectivity index is 1.52. The molecule has 3 amide bonds. The predicted molar refractivity (Wildman–Crippen MR) is 151 cm³/mol. The van der Waals surface area contributed by atoms with E-state index in [1.54, 1.807) is 6.07 Å². The van der Waals surface area contributed by atoms with Crippen LogP contribution < -0.4 is 16.0 Å². The maximum atomic E-state index is 14.9. The number of rotatable bonds is 7. The molecule has 1 saturated carbocycles. The quantitative estimate of drug-likeness (QED) is 0.168. The Morgan fingerprint density at radius 2 is 1.41 bits per heavy atom. The van der Waals surface area contributed by atoms with Gasteiger partial charge in [0, 0.05) is 11.6 Å². The van der Waals surface area contributed by atoms with Crippen molar-refractivity contribution in [3.63, 3.8) is 0 Å². The molecule has 0 heterocycles. The van der Waals surface area contributed by atoms with E-state index in [-0.39, 0.29) is 26.3 Å². The second-order valence-corrected chi connectivity index (χ2v) is 11.9. The fourth-order valence-corrected chi connectivity index (χ4v) is 5.38. The van der Waals surface area contributed by atoms with E-state index < -0.39 is 69.0 Å². The lowest BCUT2D eigenvalue weighted by Gasteiger charge is -2.19. The van der Waals surface area contributed by atoms with Crippen molar-refractivity contribution in [2.45, 2.75) is 22.4 Å². The monoisotopic (exact) mass is 723 g/mol. The number of nitrogens with one attached hydrogen (secondary N) is 3. The maximum absolute atomic E-state index is 14.9. The molecule has 3 aromatic carbocycles. The van der Waals surface area contributed by atoms with E-state index in [2.05, 4.69) is 5.32 Å². The summed E-state index contributed by atoms with van der Waals surface area (Å²) in [6.45, 7) is 0. The minimum atomic E-state index is -6.36. The second kappa shape index (κ2) is 12.1. The van der Waals surface area contributed by atoms with Crippen molar-refractivity contribution in [2.75, 3.05) is 16.0 Å². The van der Waals surface area contributed by atoms with Crippen LogP contribution in [0, 0.1) is 17.6 Å². The summed E-state index contributed by atoms with van der Waals surface area (Å²) in [5.41, 5.74) is -2.48. The van der Waals surface area contributed by atoms with E-state index >= 15 is 0 Å². The van der Waals surface area contributed by atoms with Gasteiger partial charge in [0.2, 0.25) is 5.91 Å². The van der Waals surface area contributed by atoms with E-state index in [9.17, 15) is 45.1 Å². The van der Waals surface area contributed by atoms with Crippen LogP contribution in [0.5, 0.6) is 0 Å². The largest absolute Gasteiger partial charge is 0.463 e. The van der Waals surface area contributed by atoms with Crippen LogP contribution in [0.3, 0.4) is 0 Å². The van der Waals surface area contributed by atoms with Crippen molar-refractivity contribution in [1.29, 1.82) is 0 Å². The van der Waals surface area contributed by atoms with Gasteiger partial charge in [0.1, 0.15) is 15.8 Å². The van der Waals surface area contributed by atoms with Crippen LogP contribution in [0.15, 0.2) is 48.5 Å². The van der Waals surface area contributed by atoms with E-state index in [0.717, 1.165) is 11.4 Å². The predicted octanol–water partition coefficient (Wildman–Crippen LogP) is 8.84. The molecule has 2 atom stereocenters. The van der Waals surface area contributed by atoms with E-state index in [0.29, 0.717) is 17.7 Å². The molecule has 6 nitrogen and oxygen atoms in total. The fourth-order valence-electron chi connectivity index (χ4n) is 4.04. The Morgan fingerprint density at radius 1 is 0.773 bits per heavy atom. The number of amides is 3. The fraction of sp³-hybridized carbons (Fsp3) is 0.192. The molecule has 0 bridgehead atoms. The molecule has 0 saturated heterocycles. The molecule has 3 N–H and O–H groups in total. The number of anilines is 3.